The molecule has 0 saturated carbocycles. The van der Waals surface area contributed by atoms with Crippen molar-refractivity contribution in [1.82, 2.24) is 15.1 Å². The predicted octanol–water partition coefficient (Wildman–Crippen LogP) is 2.32. The van der Waals surface area contributed by atoms with Crippen molar-refractivity contribution in [2.75, 3.05) is 13.3 Å². The van der Waals surface area contributed by atoms with Crippen molar-refractivity contribution in [1.29, 1.82) is 0 Å². The number of aromatic nitrogens is 2. The Kier molecular flexibility index (Phi) is 4.41. The van der Waals surface area contributed by atoms with E-state index in [4.69, 9.17) is 9.47 Å². The number of aryl methyl sites for hydroxylation is 1. The van der Waals surface area contributed by atoms with Crippen molar-refractivity contribution < 1.29 is 14.3 Å². The van der Waals surface area contributed by atoms with Crippen LogP contribution in [-0.4, -0.2) is 29.0 Å². The number of benzene rings is 1. The number of hydrogen-bond acceptors (Lipinski definition) is 4. The van der Waals surface area contributed by atoms with Gasteiger partial charge in [0.15, 0.2) is 11.5 Å². The molecule has 0 saturated heterocycles. The summed E-state index contributed by atoms with van der Waals surface area (Å²) in [7, 11) is 0. The molecule has 1 amide bonds. The second-order valence-corrected chi connectivity index (χ2v) is 6.28. The fourth-order valence-electron chi connectivity index (χ4n) is 3.28. The number of fused-ring (bicyclic) bond motifs is 2. The third-order valence-electron chi connectivity index (χ3n) is 4.59. The van der Waals surface area contributed by atoms with Crippen LogP contribution in [0, 0.1) is 0 Å². The first kappa shape index (κ1) is 15.7. The molecule has 25 heavy (non-hydrogen) atoms. The number of carbonyl (C=O) groups excluding carboxylic acids is 1. The van der Waals surface area contributed by atoms with Crippen LogP contribution in [0.4, 0.5) is 0 Å². The van der Waals surface area contributed by atoms with Crippen LogP contribution in [0.15, 0.2) is 30.5 Å². The molecule has 2 aliphatic rings. The van der Waals surface area contributed by atoms with Gasteiger partial charge in [-0.1, -0.05) is 6.07 Å². The first-order chi connectivity index (χ1) is 12.3. The summed E-state index contributed by atoms with van der Waals surface area (Å²) in [6.45, 7) is 1.53. The maximum Gasteiger partial charge on any atom is 0.244 e. The molecule has 1 aromatic heterocycles. The predicted molar refractivity (Wildman–Crippen MR) is 93.5 cm³/mol. The zero-order chi connectivity index (χ0) is 17.1. The van der Waals surface area contributed by atoms with E-state index >= 15 is 0 Å². The first-order valence-corrected chi connectivity index (χ1v) is 8.69. The highest BCUT2D eigenvalue weighted by molar-refractivity contribution is 5.91. The maximum atomic E-state index is 12.0. The average molecular weight is 339 g/mol. The fourth-order valence-corrected chi connectivity index (χ4v) is 3.28. The molecule has 0 bridgehead atoms. The third kappa shape index (κ3) is 3.52. The summed E-state index contributed by atoms with van der Waals surface area (Å²) in [5.41, 5.74) is 3.59. The van der Waals surface area contributed by atoms with Gasteiger partial charge in [-0.05, 0) is 55.0 Å². The molecule has 1 aliphatic heterocycles. The summed E-state index contributed by atoms with van der Waals surface area (Å²) < 4.78 is 12.6. The van der Waals surface area contributed by atoms with Crippen LogP contribution in [-0.2, 0) is 24.2 Å². The third-order valence-corrected chi connectivity index (χ3v) is 4.59. The summed E-state index contributed by atoms with van der Waals surface area (Å²) in [6, 6.07) is 5.61. The number of carbonyl (C=O) groups is 1. The van der Waals surface area contributed by atoms with E-state index in [2.05, 4.69) is 10.4 Å². The van der Waals surface area contributed by atoms with E-state index < -0.39 is 0 Å². The smallest absolute Gasteiger partial charge is 0.244 e. The van der Waals surface area contributed by atoms with Gasteiger partial charge in [-0.15, -0.1) is 0 Å². The minimum Gasteiger partial charge on any atom is -0.454 e. The zero-order valence-corrected chi connectivity index (χ0v) is 14.0. The van der Waals surface area contributed by atoms with E-state index in [1.807, 2.05) is 29.1 Å². The lowest BCUT2D eigenvalue weighted by atomic mass is 9.98. The van der Waals surface area contributed by atoms with Crippen LogP contribution in [0.5, 0.6) is 11.5 Å². The normalized spacial score (nSPS) is 15.4. The van der Waals surface area contributed by atoms with E-state index in [-0.39, 0.29) is 12.7 Å². The molecule has 1 aliphatic carbocycles. The Morgan fingerprint density at radius 3 is 3.08 bits per heavy atom. The van der Waals surface area contributed by atoms with Crippen molar-refractivity contribution in [3.05, 3.63) is 47.3 Å². The number of amides is 1. The standard InChI is InChI=1S/C19H21N3O3/c23-19(8-6-14-5-7-17-18(11-14)25-13-24-17)20-9-10-22-16-4-2-1-3-15(16)12-21-22/h5-8,11-12H,1-4,9-10,13H2,(H,20,23)/b8-6+. The van der Waals surface area contributed by atoms with Crippen LogP contribution in [0.1, 0.15) is 29.7 Å². The molecule has 0 fully saturated rings. The van der Waals surface area contributed by atoms with Crippen molar-refractivity contribution >= 4 is 12.0 Å². The van der Waals surface area contributed by atoms with Crippen molar-refractivity contribution in [3.63, 3.8) is 0 Å². The van der Waals surface area contributed by atoms with Crippen LogP contribution in [0.2, 0.25) is 0 Å². The van der Waals surface area contributed by atoms with Gasteiger partial charge in [-0.25, -0.2) is 0 Å². The SMILES string of the molecule is O=C(/C=C/c1ccc2c(c1)OCO2)NCCn1ncc2c1CCCC2. The first-order valence-electron chi connectivity index (χ1n) is 8.69. The topological polar surface area (TPSA) is 65.4 Å². The molecule has 0 radical (unpaired) electrons. The van der Waals surface area contributed by atoms with Gasteiger partial charge in [-0.2, -0.15) is 5.10 Å². The molecule has 0 unspecified atom stereocenters. The zero-order valence-electron chi connectivity index (χ0n) is 14.0. The molecule has 2 heterocycles. The second-order valence-electron chi connectivity index (χ2n) is 6.28. The van der Waals surface area contributed by atoms with E-state index in [1.54, 1.807) is 6.08 Å². The van der Waals surface area contributed by atoms with E-state index in [0.717, 1.165) is 24.2 Å². The summed E-state index contributed by atoms with van der Waals surface area (Å²) in [4.78, 5) is 12.0. The minimum atomic E-state index is -0.112. The minimum absolute atomic E-state index is 0.112. The second kappa shape index (κ2) is 7.01. The lowest BCUT2D eigenvalue weighted by molar-refractivity contribution is -0.116. The van der Waals surface area contributed by atoms with Gasteiger partial charge in [0.2, 0.25) is 12.7 Å². The largest absolute Gasteiger partial charge is 0.454 e. The molecule has 6 heteroatoms. The van der Waals surface area contributed by atoms with Gasteiger partial charge >= 0.3 is 0 Å². The molecule has 1 N–H and O–H groups in total. The van der Waals surface area contributed by atoms with Gasteiger partial charge in [0, 0.05) is 18.3 Å². The summed E-state index contributed by atoms with van der Waals surface area (Å²) >= 11 is 0. The van der Waals surface area contributed by atoms with E-state index in [0.29, 0.717) is 18.8 Å². The van der Waals surface area contributed by atoms with Gasteiger partial charge in [0.05, 0.1) is 12.7 Å². The quantitative estimate of drug-likeness (QED) is 0.849. The van der Waals surface area contributed by atoms with E-state index in [1.165, 1.54) is 30.2 Å². The number of nitrogens with zero attached hydrogens (tertiary/aromatic N) is 2. The van der Waals surface area contributed by atoms with Gasteiger partial charge < -0.3 is 14.8 Å². The van der Waals surface area contributed by atoms with Gasteiger partial charge in [0.25, 0.3) is 0 Å². The van der Waals surface area contributed by atoms with E-state index in [9.17, 15) is 4.79 Å². The Labute approximate surface area is 146 Å². The summed E-state index contributed by atoms with van der Waals surface area (Å²) in [5, 5.41) is 7.35. The Morgan fingerprint density at radius 2 is 2.12 bits per heavy atom. The molecular formula is C19H21N3O3. The van der Waals surface area contributed by atoms with Gasteiger partial charge in [-0.3, -0.25) is 9.48 Å². The molecule has 6 nitrogen and oxygen atoms in total. The van der Waals surface area contributed by atoms with Gasteiger partial charge in [0.1, 0.15) is 0 Å². The monoisotopic (exact) mass is 339 g/mol. The molecule has 130 valence electrons. The van der Waals surface area contributed by atoms with Crippen molar-refractivity contribution in [3.8, 4) is 11.5 Å². The number of rotatable bonds is 5. The molecule has 0 spiro atoms. The summed E-state index contributed by atoms with van der Waals surface area (Å²) in [6.07, 6.45) is 9.97. The molecule has 4 rings (SSSR count). The molecular weight excluding hydrogens is 318 g/mol. The highest BCUT2D eigenvalue weighted by atomic mass is 16.7. The molecule has 1 aromatic carbocycles. The Morgan fingerprint density at radius 1 is 1.24 bits per heavy atom. The lowest BCUT2D eigenvalue weighted by Gasteiger charge is -2.13. The molecule has 0 atom stereocenters. The highest BCUT2D eigenvalue weighted by Crippen LogP contribution is 2.32. The van der Waals surface area contributed by atoms with Crippen molar-refractivity contribution in [2.24, 2.45) is 0 Å². The number of nitrogens with one attached hydrogen (secondary N) is 1. The average Bonchev–Trinajstić information content (AvgIpc) is 3.26. The van der Waals surface area contributed by atoms with Crippen LogP contribution in [0.3, 0.4) is 0 Å². The Bertz CT molecular complexity index is 810. The van der Waals surface area contributed by atoms with Crippen molar-refractivity contribution in [2.45, 2.75) is 32.2 Å². The van der Waals surface area contributed by atoms with Crippen LogP contribution < -0.4 is 14.8 Å². The van der Waals surface area contributed by atoms with Crippen LogP contribution in [0.25, 0.3) is 6.08 Å². The lowest BCUT2D eigenvalue weighted by Crippen LogP contribution is -2.26. The Balaban J connectivity index is 1.28. The fraction of sp³-hybridized carbons (Fsp3) is 0.368. The Hall–Kier alpha value is -2.76. The maximum absolute atomic E-state index is 12.0. The van der Waals surface area contributed by atoms with Crippen LogP contribution >= 0.6 is 0 Å². The molecule has 2 aromatic rings. The summed E-state index contributed by atoms with van der Waals surface area (Å²) in [5.74, 6) is 1.34. The number of ether oxygens (including phenoxy) is 2. The highest BCUT2D eigenvalue weighted by Gasteiger charge is 2.14. The number of hydrogen-bond donors (Lipinski definition) is 1.